The summed E-state index contributed by atoms with van der Waals surface area (Å²) in [5.74, 6) is 0. The summed E-state index contributed by atoms with van der Waals surface area (Å²) >= 11 is 0. The number of rotatable bonds is 9. The van der Waals surface area contributed by atoms with E-state index in [9.17, 15) is 26.3 Å². The Bertz CT molecular complexity index is 458. The van der Waals surface area contributed by atoms with Crippen molar-refractivity contribution in [2.45, 2.75) is 37.7 Å². The number of alkyl halides is 6. The van der Waals surface area contributed by atoms with Gasteiger partial charge in [0.1, 0.15) is 6.04 Å². The van der Waals surface area contributed by atoms with E-state index < -0.39 is 24.9 Å². The number of halogens is 6. The third-order valence-electron chi connectivity index (χ3n) is 3.52. The van der Waals surface area contributed by atoms with E-state index in [0.29, 0.717) is 0 Å². The summed E-state index contributed by atoms with van der Waals surface area (Å²) in [5, 5.41) is 2.42. The van der Waals surface area contributed by atoms with E-state index in [1.807, 2.05) is 0 Å². The van der Waals surface area contributed by atoms with E-state index in [2.05, 4.69) is 5.32 Å². The molecule has 1 aromatic rings. The second-order valence-electron chi connectivity index (χ2n) is 5.78. The molecule has 0 radical (unpaired) electrons. The number of benzene rings is 1. The van der Waals surface area contributed by atoms with E-state index in [1.54, 1.807) is 30.3 Å². The van der Waals surface area contributed by atoms with Crippen LogP contribution in [0.1, 0.15) is 18.4 Å². The molecule has 1 atom stereocenters. The van der Waals surface area contributed by atoms with Crippen LogP contribution >= 0.6 is 0 Å². The molecule has 1 aromatic carbocycles. The molecule has 0 bridgehead atoms. The van der Waals surface area contributed by atoms with Crippen LogP contribution in [0.4, 0.5) is 26.3 Å². The molecule has 0 saturated carbocycles. The third kappa shape index (κ3) is 9.12. The lowest BCUT2D eigenvalue weighted by Crippen LogP contribution is -2.43. The molecule has 8 heteroatoms. The van der Waals surface area contributed by atoms with Gasteiger partial charge >= 0.3 is 12.4 Å². The Labute approximate surface area is 137 Å². The van der Waals surface area contributed by atoms with Gasteiger partial charge in [-0.3, -0.25) is 4.90 Å². The average Bonchev–Trinajstić information content (AvgIpc) is 2.44. The van der Waals surface area contributed by atoms with E-state index in [0.717, 1.165) is 10.5 Å². The number of hydrogen-bond acceptors (Lipinski definition) is 2. The molecule has 0 heterocycles. The van der Waals surface area contributed by atoms with Crippen molar-refractivity contribution < 1.29 is 26.3 Å². The Morgan fingerprint density at radius 1 is 1.04 bits per heavy atom. The van der Waals surface area contributed by atoms with Gasteiger partial charge in [0.05, 0.1) is 6.54 Å². The summed E-state index contributed by atoms with van der Waals surface area (Å²) in [6.45, 7) is -0.972. The van der Waals surface area contributed by atoms with E-state index >= 15 is 0 Å². The van der Waals surface area contributed by atoms with Gasteiger partial charge in [0, 0.05) is 0 Å². The van der Waals surface area contributed by atoms with Crippen LogP contribution in [0.15, 0.2) is 30.3 Å². The minimum absolute atomic E-state index is 0.0150. The molecular weight excluding hydrogens is 334 g/mol. The lowest BCUT2D eigenvalue weighted by molar-refractivity contribution is -0.157. The van der Waals surface area contributed by atoms with Crippen LogP contribution in [0.2, 0.25) is 0 Å². The SMILES string of the molecule is CN(CCCN[C@@H](CCc1ccccc1)C(F)(F)F)CC(F)(F)F. The normalized spacial score (nSPS) is 14.2. The standard InChI is InChI=1S/C16H22F6N2/c1-24(12-15(17,18)19)11-5-10-23-14(16(20,21)22)9-8-13-6-3-2-4-7-13/h2-4,6-7,14,23H,5,8-12H2,1H3/t14-/m0/s1. The minimum atomic E-state index is -4.38. The van der Waals surface area contributed by atoms with Crippen LogP contribution in [-0.2, 0) is 6.42 Å². The highest BCUT2D eigenvalue weighted by Crippen LogP contribution is 2.24. The van der Waals surface area contributed by atoms with Crippen LogP contribution < -0.4 is 5.32 Å². The van der Waals surface area contributed by atoms with Crippen LogP contribution in [0.25, 0.3) is 0 Å². The van der Waals surface area contributed by atoms with Gasteiger partial charge in [0.2, 0.25) is 0 Å². The maximum absolute atomic E-state index is 13.0. The first-order valence-electron chi connectivity index (χ1n) is 7.67. The summed E-state index contributed by atoms with van der Waals surface area (Å²) in [4.78, 5) is 1.05. The molecule has 0 amide bonds. The monoisotopic (exact) mass is 356 g/mol. The Morgan fingerprint density at radius 3 is 2.21 bits per heavy atom. The Balaban J connectivity index is 2.36. The first-order chi connectivity index (χ1) is 11.1. The average molecular weight is 356 g/mol. The van der Waals surface area contributed by atoms with Crippen LogP contribution in [0.5, 0.6) is 0 Å². The second kappa shape index (κ2) is 9.27. The molecule has 1 N–H and O–H groups in total. The molecule has 0 fully saturated rings. The van der Waals surface area contributed by atoms with Crippen molar-refractivity contribution in [3.05, 3.63) is 35.9 Å². The van der Waals surface area contributed by atoms with Gasteiger partial charge < -0.3 is 5.32 Å². The maximum atomic E-state index is 13.0. The van der Waals surface area contributed by atoms with Crippen molar-refractivity contribution in [1.82, 2.24) is 10.2 Å². The summed E-state index contributed by atoms with van der Waals surface area (Å²) in [7, 11) is 1.30. The molecule has 1 rings (SSSR count). The highest BCUT2D eigenvalue weighted by atomic mass is 19.4. The Hall–Kier alpha value is -1.28. The molecule has 0 spiro atoms. The van der Waals surface area contributed by atoms with Crippen LogP contribution in [-0.4, -0.2) is 50.0 Å². The molecule has 2 nitrogen and oxygen atoms in total. The smallest absolute Gasteiger partial charge is 0.306 e. The molecule has 138 valence electrons. The third-order valence-corrected chi connectivity index (χ3v) is 3.52. The van der Waals surface area contributed by atoms with Crippen molar-refractivity contribution in [3.8, 4) is 0 Å². The molecule has 0 unspecified atom stereocenters. The van der Waals surface area contributed by atoms with Crippen molar-refractivity contribution in [3.63, 3.8) is 0 Å². The van der Waals surface area contributed by atoms with E-state index in [4.69, 9.17) is 0 Å². The van der Waals surface area contributed by atoms with Gasteiger partial charge in [-0.2, -0.15) is 26.3 Å². The van der Waals surface area contributed by atoms with Crippen LogP contribution in [0.3, 0.4) is 0 Å². The van der Waals surface area contributed by atoms with Gasteiger partial charge in [-0.15, -0.1) is 0 Å². The molecule has 0 aliphatic heterocycles. The van der Waals surface area contributed by atoms with Gasteiger partial charge in [0.25, 0.3) is 0 Å². The topological polar surface area (TPSA) is 15.3 Å². The summed E-state index contributed by atoms with van der Waals surface area (Å²) < 4.78 is 75.5. The highest BCUT2D eigenvalue weighted by Gasteiger charge is 2.38. The molecule has 24 heavy (non-hydrogen) atoms. The first-order valence-corrected chi connectivity index (χ1v) is 7.67. The Kier molecular flexibility index (Phi) is 8.02. The maximum Gasteiger partial charge on any atom is 0.403 e. The summed E-state index contributed by atoms with van der Waals surface area (Å²) in [5.41, 5.74) is 0.818. The fourth-order valence-electron chi connectivity index (χ4n) is 2.35. The quantitative estimate of drug-likeness (QED) is 0.531. The molecule has 0 aliphatic rings. The predicted molar refractivity (Wildman–Crippen MR) is 80.8 cm³/mol. The number of nitrogens with zero attached hydrogens (tertiary/aromatic N) is 1. The fourth-order valence-corrected chi connectivity index (χ4v) is 2.35. The number of aryl methyl sites for hydroxylation is 1. The largest absolute Gasteiger partial charge is 0.403 e. The number of nitrogens with one attached hydrogen (secondary N) is 1. The van der Waals surface area contributed by atoms with Crippen molar-refractivity contribution in [2.24, 2.45) is 0 Å². The van der Waals surface area contributed by atoms with Crippen molar-refractivity contribution in [2.75, 3.05) is 26.7 Å². The molecule has 0 saturated heterocycles. The van der Waals surface area contributed by atoms with Crippen LogP contribution in [0, 0.1) is 0 Å². The lowest BCUT2D eigenvalue weighted by atomic mass is 10.0. The minimum Gasteiger partial charge on any atom is -0.306 e. The molecular formula is C16H22F6N2. The van der Waals surface area contributed by atoms with Gasteiger partial charge in [-0.1, -0.05) is 30.3 Å². The van der Waals surface area contributed by atoms with Crippen molar-refractivity contribution in [1.29, 1.82) is 0 Å². The summed E-state index contributed by atoms with van der Waals surface area (Å²) in [6, 6.07) is 7.19. The summed E-state index contributed by atoms with van der Waals surface area (Å²) in [6.07, 6.45) is -8.29. The first kappa shape index (κ1) is 20.8. The van der Waals surface area contributed by atoms with Crippen molar-refractivity contribution >= 4 is 0 Å². The van der Waals surface area contributed by atoms with Gasteiger partial charge in [-0.25, -0.2) is 0 Å². The zero-order valence-corrected chi connectivity index (χ0v) is 13.4. The Morgan fingerprint density at radius 2 is 1.67 bits per heavy atom. The van der Waals surface area contributed by atoms with E-state index in [-0.39, 0.29) is 32.4 Å². The van der Waals surface area contributed by atoms with Gasteiger partial charge in [-0.05, 0) is 45.0 Å². The zero-order chi connectivity index (χ0) is 18.2. The predicted octanol–water partition coefficient (Wildman–Crippen LogP) is 4.02. The fraction of sp³-hybridized carbons (Fsp3) is 0.625. The molecule has 0 aliphatic carbocycles. The molecule has 0 aromatic heterocycles. The second-order valence-corrected chi connectivity index (χ2v) is 5.78. The van der Waals surface area contributed by atoms with E-state index in [1.165, 1.54) is 7.05 Å². The van der Waals surface area contributed by atoms with Gasteiger partial charge in [0.15, 0.2) is 0 Å². The zero-order valence-electron chi connectivity index (χ0n) is 13.4. The highest BCUT2D eigenvalue weighted by molar-refractivity contribution is 5.14. The lowest BCUT2D eigenvalue weighted by Gasteiger charge is -2.23. The number of hydrogen-bond donors (Lipinski definition) is 1.